The maximum atomic E-state index is 12.4. The molecule has 0 bridgehead atoms. The summed E-state index contributed by atoms with van der Waals surface area (Å²) in [4.78, 5) is 16.6. The van der Waals surface area contributed by atoms with Gasteiger partial charge in [-0.25, -0.2) is 4.79 Å². The Morgan fingerprint density at radius 3 is 2.38 bits per heavy atom. The number of hydrogen-bond donors (Lipinski definition) is 0. The first-order valence-electron chi connectivity index (χ1n) is 7.27. The van der Waals surface area contributed by atoms with Crippen molar-refractivity contribution >= 4 is 0 Å². The molecular formula is C16H12N6O2. The van der Waals surface area contributed by atoms with Crippen LogP contribution in [-0.2, 0) is 6.54 Å². The monoisotopic (exact) mass is 320 g/mol. The van der Waals surface area contributed by atoms with E-state index in [2.05, 4.69) is 20.6 Å². The van der Waals surface area contributed by atoms with Crippen molar-refractivity contribution in [1.29, 1.82) is 0 Å². The van der Waals surface area contributed by atoms with Crippen LogP contribution in [-0.4, -0.2) is 29.9 Å². The Hall–Kier alpha value is -3.55. The van der Waals surface area contributed by atoms with E-state index in [1.54, 1.807) is 12.1 Å². The molecule has 0 fully saturated rings. The molecule has 2 heterocycles. The Labute approximate surface area is 136 Å². The molecule has 24 heavy (non-hydrogen) atoms. The molecule has 0 atom stereocenters. The van der Waals surface area contributed by atoms with Gasteiger partial charge in [-0.2, -0.15) is 14.3 Å². The van der Waals surface area contributed by atoms with Gasteiger partial charge in [0.2, 0.25) is 11.7 Å². The fourth-order valence-electron chi connectivity index (χ4n) is 2.26. The molecule has 0 amide bonds. The Morgan fingerprint density at radius 1 is 0.917 bits per heavy atom. The van der Waals surface area contributed by atoms with Gasteiger partial charge < -0.3 is 4.52 Å². The van der Waals surface area contributed by atoms with Gasteiger partial charge in [0, 0.05) is 5.56 Å². The minimum absolute atomic E-state index is 0.0610. The lowest BCUT2D eigenvalue weighted by atomic mass is 10.2. The molecule has 8 heteroatoms. The van der Waals surface area contributed by atoms with Crippen molar-refractivity contribution in [3.05, 3.63) is 77.0 Å². The van der Waals surface area contributed by atoms with Gasteiger partial charge in [0.05, 0.1) is 5.69 Å². The number of rotatable bonds is 4. The summed E-state index contributed by atoms with van der Waals surface area (Å²) in [6.07, 6.45) is 0. The lowest BCUT2D eigenvalue weighted by Gasteiger charge is -1.96. The third-order valence-corrected chi connectivity index (χ3v) is 3.43. The van der Waals surface area contributed by atoms with Gasteiger partial charge in [-0.3, -0.25) is 0 Å². The van der Waals surface area contributed by atoms with E-state index >= 15 is 0 Å². The second kappa shape index (κ2) is 5.92. The van der Waals surface area contributed by atoms with Crippen LogP contribution >= 0.6 is 0 Å². The number of para-hydroxylation sites is 1. The predicted octanol–water partition coefficient (Wildman–Crippen LogP) is 1.53. The van der Waals surface area contributed by atoms with E-state index in [-0.39, 0.29) is 18.1 Å². The third-order valence-electron chi connectivity index (χ3n) is 3.43. The topological polar surface area (TPSA) is 91.6 Å². The molecule has 0 spiro atoms. The predicted molar refractivity (Wildman–Crippen MR) is 84.5 cm³/mol. The van der Waals surface area contributed by atoms with E-state index in [1.165, 1.54) is 9.36 Å². The van der Waals surface area contributed by atoms with Gasteiger partial charge in [0.25, 0.3) is 0 Å². The highest BCUT2D eigenvalue weighted by molar-refractivity contribution is 5.53. The number of benzene rings is 2. The van der Waals surface area contributed by atoms with E-state index in [9.17, 15) is 4.79 Å². The minimum Gasteiger partial charge on any atom is -0.337 e. The second-order valence-corrected chi connectivity index (χ2v) is 5.04. The molecule has 2 aromatic heterocycles. The second-order valence-electron chi connectivity index (χ2n) is 5.04. The summed E-state index contributed by atoms with van der Waals surface area (Å²) in [6, 6.07) is 18.5. The first kappa shape index (κ1) is 14.1. The molecule has 0 aliphatic carbocycles. The summed E-state index contributed by atoms with van der Waals surface area (Å²) in [5, 5.41) is 11.7. The van der Waals surface area contributed by atoms with E-state index in [0.29, 0.717) is 11.5 Å². The summed E-state index contributed by atoms with van der Waals surface area (Å²) in [5.41, 5.74) is 1.11. The van der Waals surface area contributed by atoms with Crippen molar-refractivity contribution in [2.24, 2.45) is 0 Å². The van der Waals surface area contributed by atoms with Crippen molar-refractivity contribution in [3.8, 4) is 17.1 Å². The van der Waals surface area contributed by atoms with Crippen molar-refractivity contribution < 1.29 is 4.52 Å². The molecule has 0 saturated heterocycles. The number of nitrogens with zero attached hydrogens (tertiary/aromatic N) is 6. The Kier molecular flexibility index (Phi) is 3.47. The lowest BCUT2D eigenvalue weighted by molar-refractivity contribution is 0.363. The Morgan fingerprint density at radius 2 is 1.62 bits per heavy atom. The van der Waals surface area contributed by atoms with Crippen LogP contribution in [0.15, 0.2) is 70.0 Å². The fraction of sp³-hybridized carbons (Fsp3) is 0.0625. The average molecular weight is 320 g/mol. The van der Waals surface area contributed by atoms with E-state index in [0.717, 1.165) is 5.56 Å². The number of hydrogen-bond acceptors (Lipinski definition) is 6. The Balaban J connectivity index is 1.60. The van der Waals surface area contributed by atoms with Crippen LogP contribution in [0.1, 0.15) is 5.89 Å². The molecule has 2 aromatic carbocycles. The number of aromatic nitrogens is 6. The summed E-state index contributed by atoms with van der Waals surface area (Å²) in [7, 11) is 0. The Bertz CT molecular complexity index is 1000. The standard InChI is InChI=1S/C16H12N6O2/c23-16-21(19-20-22(16)13-9-5-2-6-10-13)11-14-17-15(18-24-14)12-7-3-1-4-8-12/h1-10H,11H2. The summed E-state index contributed by atoms with van der Waals surface area (Å²) >= 11 is 0. The highest BCUT2D eigenvalue weighted by atomic mass is 16.5. The normalized spacial score (nSPS) is 10.8. The largest absolute Gasteiger partial charge is 0.368 e. The van der Waals surface area contributed by atoms with Gasteiger partial charge in [0.1, 0.15) is 6.54 Å². The maximum Gasteiger partial charge on any atom is 0.368 e. The average Bonchev–Trinajstić information content (AvgIpc) is 3.25. The molecule has 118 valence electrons. The van der Waals surface area contributed by atoms with Gasteiger partial charge in [-0.1, -0.05) is 53.7 Å². The smallest absolute Gasteiger partial charge is 0.337 e. The van der Waals surface area contributed by atoms with Crippen molar-refractivity contribution in [2.75, 3.05) is 0 Å². The molecular weight excluding hydrogens is 308 g/mol. The minimum atomic E-state index is -0.374. The number of tetrazole rings is 1. The molecule has 4 rings (SSSR count). The van der Waals surface area contributed by atoms with E-state index < -0.39 is 0 Å². The molecule has 0 radical (unpaired) electrons. The lowest BCUT2D eigenvalue weighted by Crippen LogP contribution is -2.24. The molecule has 8 nitrogen and oxygen atoms in total. The van der Waals surface area contributed by atoms with Crippen LogP contribution in [0.4, 0.5) is 0 Å². The zero-order chi connectivity index (χ0) is 16.4. The fourth-order valence-corrected chi connectivity index (χ4v) is 2.26. The van der Waals surface area contributed by atoms with Crippen molar-refractivity contribution in [1.82, 2.24) is 29.9 Å². The van der Waals surface area contributed by atoms with Gasteiger partial charge in [0.15, 0.2) is 0 Å². The van der Waals surface area contributed by atoms with Crippen LogP contribution < -0.4 is 5.69 Å². The summed E-state index contributed by atoms with van der Waals surface area (Å²) in [6.45, 7) is 0.0610. The molecule has 4 aromatic rings. The SMILES string of the molecule is O=c1n(Cc2nc(-c3ccccc3)no2)nnn1-c1ccccc1. The first-order chi connectivity index (χ1) is 11.8. The zero-order valence-electron chi connectivity index (χ0n) is 12.5. The van der Waals surface area contributed by atoms with E-state index in [1.807, 2.05) is 48.5 Å². The maximum absolute atomic E-state index is 12.4. The highest BCUT2D eigenvalue weighted by Crippen LogP contribution is 2.14. The molecule has 0 unspecified atom stereocenters. The van der Waals surface area contributed by atoms with Crippen molar-refractivity contribution in [2.45, 2.75) is 6.54 Å². The third kappa shape index (κ3) is 2.60. The summed E-state index contributed by atoms with van der Waals surface area (Å²) < 4.78 is 7.59. The van der Waals surface area contributed by atoms with Crippen LogP contribution in [0.25, 0.3) is 17.1 Å². The van der Waals surface area contributed by atoms with Crippen LogP contribution in [0.5, 0.6) is 0 Å². The van der Waals surface area contributed by atoms with Gasteiger partial charge in [-0.15, -0.1) is 0 Å². The molecule has 0 aliphatic rings. The summed E-state index contributed by atoms with van der Waals surface area (Å²) in [5.74, 6) is 0.755. The van der Waals surface area contributed by atoms with Gasteiger partial charge in [-0.05, 0) is 22.6 Å². The van der Waals surface area contributed by atoms with Crippen molar-refractivity contribution in [3.63, 3.8) is 0 Å². The molecule has 0 aliphatic heterocycles. The molecule has 0 saturated carbocycles. The van der Waals surface area contributed by atoms with E-state index in [4.69, 9.17) is 4.52 Å². The van der Waals surface area contributed by atoms with Gasteiger partial charge >= 0.3 is 5.69 Å². The highest BCUT2D eigenvalue weighted by Gasteiger charge is 2.13. The van der Waals surface area contributed by atoms with Crippen LogP contribution in [0, 0.1) is 0 Å². The van der Waals surface area contributed by atoms with Crippen LogP contribution in [0.2, 0.25) is 0 Å². The van der Waals surface area contributed by atoms with Crippen LogP contribution in [0.3, 0.4) is 0 Å². The molecule has 0 N–H and O–H groups in total. The first-order valence-corrected chi connectivity index (χ1v) is 7.27. The quantitative estimate of drug-likeness (QED) is 0.566. The zero-order valence-corrected chi connectivity index (χ0v) is 12.5.